The van der Waals surface area contributed by atoms with E-state index in [9.17, 15) is 4.79 Å². The molecule has 0 radical (unpaired) electrons. The van der Waals surface area contributed by atoms with Gasteiger partial charge >= 0.3 is 0 Å². The van der Waals surface area contributed by atoms with Crippen LogP contribution in [0.1, 0.15) is 47.0 Å². The van der Waals surface area contributed by atoms with Gasteiger partial charge in [0.05, 0.1) is 6.42 Å². The van der Waals surface area contributed by atoms with Gasteiger partial charge in [0.1, 0.15) is 0 Å². The summed E-state index contributed by atoms with van der Waals surface area (Å²) in [6.07, 6.45) is 4.21. The smallest absolute Gasteiger partial charge is 0.221 e. The summed E-state index contributed by atoms with van der Waals surface area (Å²) in [5, 5.41) is 0. The predicted octanol–water partition coefficient (Wildman–Crippen LogP) is 4.07. The van der Waals surface area contributed by atoms with Crippen molar-refractivity contribution >= 4 is 11.5 Å². The van der Waals surface area contributed by atoms with Crippen LogP contribution in [0.25, 0.3) is 5.57 Å². The Labute approximate surface area is 144 Å². The standard InChI is InChI=1S/C21H26N2O/c1-5-18(13-21(22)24)20-11-8-17(12-14(20)2)7-10-19-9-6-15(3)23-16(19)4/h5-6,8-9,11-12H,7,10,13H2,1-4H3,(H2,22,24)/b18-5-. The molecule has 2 N–H and O–H groups in total. The van der Waals surface area contributed by atoms with Gasteiger partial charge in [0.15, 0.2) is 0 Å². The second-order valence-electron chi connectivity index (χ2n) is 6.30. The number of benzene rings is 1. The van der Waals surface area contributed by atoms with Crippen molar-refractivity contribution in [3.05, 3.63) is 70.0 Å². The van der Waals surface area contributed by atoms with Crippen molar-refractivity contribution in [2.24, 2.45) is 5.73 Å². The zero-order chi connectivity index (χ0) is 17.7. The number of aromatic nitrogens is 1. The van der Waals surface area contributed by atoms with Crippen molar-refractivity contribution in [3.8, 4) is 0 Å². The molecule has 3 heteroatoms. The summed E-state index contributed by atoms with van der Waals surface area (Å²) >= 11 is 0. The first-order valence-electron chi connectivity index (χ1n) is 8.37. The molecule has 1 amide bonds. The molecule has 126 valence electrons. The topological polar surface area (TPSA) is 56.0 Å². The SMILES string of the molecule is C/C=C(/CC(N)=O)c1ccc(CCc2ccc(C)nc2C)cc1C. The zero-order valence-electron chi connectivity index (χ0n) is 15.0. The summed E-state index contributed by atoms with van der Waals surface area (Å²) in [5.74, 6) is -0.297. The Hall–Kier alpha value is -2.42. The number of nitrogens with two attached hydrogens (primary N) is 1. The van der Waals surface area contributed by atoms with Gasteiger partial charge in [0, 0.05) is 11.4 Å². The molecule has 1 aromatic heterocycles. The maximum Gasteiger partial charge on any atom is 0.221 e. The molecule has 0 aliphatic heterocycles. The number of allylic oxidation sites excluding steroid dienone is 1. The van der Waals surface area contributed by atoms with E-state index in [1.165, 1.54) is 16.7 Å². The number of pyridine rings is 1. The van der Waals surface area contributed by atoms with Gasteiger partial charge in [-0.15, -0.1) is 0 Å². The summed E-state index contributed by atoms with van der Waals surface area (Å²) < 4.78 is 0. The highest BCUT2D eigenvalue weighted by molar-refractivity contribution is 5.88. The van der Waals surface area contributed by atoms with E-state index in [0.717, 1.165) is 35.4 Å². The fourth-order valence-corrected chi connectivity index (χ4v) is 3.04. The number of hydrogen-bond acceptors (Lipinski definition) is 2. The Morgan fingerprint density at radius 1 is 1.12 bits per heavy atom. The summed E-state index contributed by atoms with van der Waals surface area (Å²) in [6, 6.07) is 10.7. The van der Waals surface area contributed by atoms with Crippen molar-refractivity contribution in [2.45, 2.75) is 47.0 Å². The second kappa shape index (κ2) is 7.91. The number of amides is 1. The lowest BCUT2D eigenvalue weighted by Crippen LogP contribution is -2.11. The highest BCUT2D eigenvalue weighted by Gasteiger charge is 2.09. The number of rotatable bonds is 6. The van der Waals surface area contributed by atoms with Crippen LogP contribution in [0.3, 0.4) is 0 Å². The van der Waals surface area contributed by atoms with E-state index in [0.29, 0.717) is 0 Å². The number of nitrogens with zero attached hydrogens (tertiary/aromatic N) is 1. The molecular weight excluding hydrogens is 296 g/mol. The Bertz CT molecular complexity index is 775. The van der Waals surface area contributed by atoms with Crippen molar-refractivity contribution in [1.82, 2.24) is 4.98 Å². The van der Waals surface area contributed by atoms with Gasteiger partial charge in [-0.3, -0.25) is 9.78 Å². The van der Waals surface area contributed by atoms with Crippen molar-refractivity contribution < 1.29 is 4.79 Å². The Morgan fingerprint density at radius 3 is 2.46 bits per heavy atom. The Morgan fingerprint density at radius 2 is 1.88 bits per heavy atom. The molecule has 0 saturated carbocycles. The number of aryl methyl sites for hydroxylation is 5. The third-order valence-corrected chi connectivity index (χ3v) is 4.37. The first kappa shape index (κ1) is 17.9. The summed E-state index contributed by atoms with van der Waals surface area (Å²) in [4.78, 5) is 15.7. The van der Waals surface area contributed by atoms with Gasteiger partial charge in [0.25, 0.3) is 0 Å². The number of primary amides is 1. The van der Waals surface area contributed by atoms with Gasteiger partial charge in [-0.1, -0.05) is 30.3 Å². The first-order valence-corrected chi connectivity index (χ1v) is 8.37. The Kier molecular flexibility index (Phi) is 5.91. The van der Waals surface area contributed by atoms with Crippen LogP contribution >= 0.6 is 0 Å². The number of hydrogen-bond donors (Lipinski definition) is 1. The summed E-state index contributed by atoms with van der Waals surface area (Å²) in [6.45, 7) is 8.11. The van der Waals surface area contributed by atoms with Crippen LogP contribution in [0.4, 0.5) is 0 Å². The maximum atomic E-state index is 11.2. The van der Waals surface area contributed by atoms with Gasteiger partial charge < -0.3 is 5.73 Å². The van der Waals surface area contributed by atoms with Crippen molar-refractivity contribution in [3.63, 3.8) is 0 Å². The van der Waals surface area contributed by atoms with Crippen LogP contribution < -0.4 is 5.73 Å². The third-order valence-electron chi connectivity index (χ3n) is 4.37. The molecule has 1 heterocycles. The van der Waals surface area contributed by atoms with Gasteiger partial charge in [-0.2, -0.15) is 0 Å². The van der Waals surface area contributed by atoms with Crippen LogP contribution in [0.2, 0.25) is 0 Å². The normalized spacial score (nSPS) is 11.6. The van der Waals surface area contributed by atoms with E-state index in [1.807, 2.05) is 19.9 Å². The quantitative estimate of drug-likeness (QED) is 0.871. The molecule has 0 atom stereocenters. The predicted molar refractivity (Wildman–Crippen MR) is 99.8 cm³/mol. The minimum atomic E-state index is -0.297. The van der Waals surface area contributed by atoms with E-state index in [-0.39, 0.29) is 12.3 Å². The highest BCUT2D eigenvalue weighted by Crippen LogP contribution is 2.23. The van der Waals surface area contributed by atoms with Crippen LogP contribution in [0, 0.1) is 20.8 Å². The monoisotopic (exact) mass is 322 g/mol. The van der Waals surface area contributed by atoms with E-state index in [4.69, 9.17) is 5.73 Å². The average molecular weight is 322 g/mol. The lowest BCUT2D eigenvalue weighted by atomic mass is 9.94. The lowest BCUT2D eigenvalue weighted by molar-refractivity contribution is -0.117. The fraction of sp³-hybridized carbons (Fsp3) is 0.333. The molecule has 2 rings (SSSR count). The molecule has 1 aromatic carbocycles. The van der Waals surface area contributed by atoms with Crippen LogP contribution in [0.15, 0.2) is 36.4 Å². The molecule has 0 saturated heterocycles. The van der Waals surface area contributed by atoms with E-state index in [1.54, 1.807) is 0 Å². The van der Waals surface area contributed by atoms with Crippen molar-refractivity contribution in [1.29, 1.82) is 0 Å². The third kappa shape index (κ3) is 4.54. The molecule has 0 unspecified atom stereocenters. The van der Waals surface area contributed by atoms with E-state index >= 15 is 0 Å². The molecule has 0 aliphatic rings. The lowest BCUT2D eigenvalue weighted by Gasteiger charge is -2.12. The molecule has 0 bridgehead atoms. The maximum absolute atomic E-state index is 11.2. The van der Waals surface area contributed by atoms with Crippen LogP contribution in [0.5, 0.6) is 0 Å². The number of carbonyl (C=O) groups is 1. The minimum absolute atomic E-state index is 0.283. The van der Waals surface area contributed by atoms with Gasteiger partial charge in [-0.25, -0.2) is 0 Å². The van der Waals surface area contributed by atoms with Gasteiger partial charge in [-0.05, 0) is 74.4 Å². The Balaban J connectivity index is 2.13. The highest BCUT2D eigenvalue weighted by atomic mass is 16.1. The summed E-state index contributed by atoms with van der Waals surface area (Å²) in [5.41, 5.74) is 13.4. The molecular formula is C21H26N2O. The summed E-state index contributed by atoms with van der Waals surface area (Å²) in [7, 11) is 0. The van der Waals surface area contributed by atoms with Gasteiger partial charge in [0.2, 0.25) is 5.91 Å². The molecule has 0 fully saturated rings. The molecule has 3 nitrogen and oxygen atoms in total. The largest absolute Gasteiger partial charge is 0.369 e. The van der Waals surface area contributed by atoms with E-state index in [2.05, 4.69) is 49.2 Å². The van der Waals surface area contributed by atoms with Crippen molar-refractivity contribution in [2.75, 3.05) is 0 Å². The average Bonchev–Trinajstić information content (AvgIpc) is 2.52. The van der Waals surface area contributed by atoms with E-state index < -0.39 is 0 Å². The zero-order valence-corrected chi connectivity index (χ0v) is 15.0. The fourth-order valence-electron chi connectivity index (χ4n) is 3.04. The second-order valence-corrected chi connectivity index (χ2v) is 6.30. The van der Waals surface area contributed by atoms with Crippen LogP contribution in [-0.4, -0.2) is 10.9 Å². The molecule has 0 aliphatic carbocycles. The number of carbonyl (C=O) groups excluding carboxylic acids is 1. The van der Waals surface area contributed by atoms with Crippen LogP contribution in [-0.2, 0) is 17.6 Å². The first-order chi connectivity index (χ1) is 11.4. The minimum Gasteiger partial charge on any atom is -0.369 e. The molecule has 0 spiro atoms. The molecule has 2 aromatic rings. The molecule has 24 heavy (non-hydrogen) atoms.